The maximum atomic E-state index is 12.0. The van der Waals surface area contributed by atoms with Crippen LogP contribution in [-0.2, 0) is 11.3 Å². The van der Waals surface area contributed by atoms with Crippen LogP contribution in [0.25, 0.3) is 0 Å². The molecular weight excluding hydrogens is 234 g/mol. The Hall–Kier alpha value is -0.940. The van der Waals surface area contributed by atoms with Crippen LogP contribution in [0.2, 0.25) is 0 Å². The molecule has 4 nitrogen and oxygen atoms in total. The number of likely N-dealkylation sites (N-methyl/N-ethyl adjacent to an activating group) is 1. The zero-order chi connectivity index (χ0) is 13.1. The third kappa shape index (κ3) is 4.83. The zero-order valence-corrected chi connectivity index (χ0v) is 12.0. The molecule has 96 valence electrons. The highest BCUT2D eigenvalue weighted by atomic mass is 32.1. The van der Waals surface area contributed by atoms with E-state index >= 15 is 0 Å². The molecule has 1 aromatic rings. The van der Waals surface area contributed by atoms with Crippen LogP contribution in [0.5, 0.6) is 0 Å². The van der Waals surface area contributed by atoms with Crippen molar-refractivity contribution in [1.29, 1.82) is 0 Å². The van der Waals surface area contributed by atoms with Crippen LogP contribution in [0.15, 0.2) is 10.9 Å². The topological polar surface area (TPSA) is 45.2 Å². The predicted molar refractivity (Wildman–Crippen MR) is 70.9 cm³/mol. The summed E-state index contributed by atoms with van der Waals surface area (Å²) in [5, 5.41) is 4.99. The van der Waals surface area contributed by atoms with Gasteiger partial charge in [0.1, 0.15) is 0 Å². The van der Waals surface area contributed by atoms with E-state index in [0.29, 0.717) is 6.54 Å². The largest absolute Gasteiger partial charge is 0.350 e. The smallest absolute Gasteiger partial charge is 0.237 e. The average Bonchev–Trinajstić information content (AvgIpc) is 2.66. The SMILES string of the molecule is C[C@@H](C(=O)NC(C)(C)C)N(C)Cc1cscn1. The van der Waals surface area contributed by atoms with Crippen molar-refractivity contribution in [3.63, 3.8) is 0 Å². The van der Waals surface area contributed by atoms with Gasteiger partial charge in [-0.05, 0) is 34.7 Å². The molecule has 1 amide bonds. The van der Waals surface area contributed by atoms with E-state index in [2.05, 4.69) is 10.3 Å². The van der Waals surface area contributed by atoms with E-state index in [-0.39, 0.29) is 17.5 Å². The molecule has 1 N–H and O–H groups in total. The Bertz CT molecular complexity index is 356. The van der Waals surface area contributed by atoms with Crippen molar-refractivity contribution in [3.8, 4) is 0 Å². The third-order valence-corrected chi connectivity index (χ3v) is 3.07. The Balaban J connectivity index is 2.51. The number of hydrogen-bond donors (Lipinski definition) is 1. The Morgan fingerprint density at radius 3 is 2.71 bits per heavy atom. The molecule has 0 spiro atoms. The fourth-order valence-corrected chi connectivity index (χ4v) is 1.93. The summed E-state index contributed by atoms with van der Waals surface area (Å²) in [7, 11) is 1.94. The molecule has 0 saturated heterocycles. The van der Waals surface area contributed by atoms with E-state index in [4.69, 9.17) is 0 Å². The van der Waals surface area contributed by atoms with Gasteiger partial charge in [0, 0.05) is 17.5 Å². The number of nitrogens with zero attached hydrogens (tertiary/aromatic N) is 2. The number of carbonyl (C=O) groups is 1. The Morgan fingerprint density at radius 1 is 1.59 bits per heavy atom. The number of thiazole rings is 1. The van der Waals surface area contributed by atoms with Gasteiger partial charge in [-0.2, -0.15) is 0 Å². The van der Waals surface area contributed by atoms with Gasteiger partial charge in [-0.15, -0.1) is 11.3 Å². The predicted octanol–water partition coefficient (Wildman–Crippen LogP) is 1.88. The summed E-state index contributed by atoms with van der Waals surface area (Å²) in [6.07, 6.45) is 0. The molecule has 0 bridgehead atoms. The molecule has 0 aliphatic carbocycles. The van der Waals surface area contributed by atoms with Crippen LogP contribution in [-0.4, -0.2) is 34.4 Å². The maximum absolute atomic E-state index is 12.0. The van der Waals surface area contributed by atoms with E-state index in [0.717, 1.165) is 5.69 Å². The fourth-order valence-electron chi connectivity index (χ4n) is 1.38. The summed E-state index contributed by atoms with van der Waals surface area (Å²) in [5.74, 6) is 0.0511. The molecular formula is C12H21N3OS. The van der Waals surface area contributed by atoms with Crippen LogP contribution < -0.4 is 5.32 Å². The lowest BCUT2D eigenvalue weighted by atomic mass is 10.1. The minimum absolute atomic E-state index is 0.0511. The van der Waals surface area contributed by atoms with Crippen molar-refractivity contribution in [1.82, 2.24) is 15.2 Å². The first-order valence-electron chi connectivity index (χ1n) is 5.69. The van der Waals surface area contributed by atoms with Crippen LogP contribution in [0, 0.1) is 0 Å². The highest BCUT2D eigenvalue weighted by Crippen LogP contribution is 2.08. The van der Waals surface area contributed by atoms with Crippen molar-refractivity contribution < 1.29 is 4.79 Å². The summed E-state index contributed by atoms with van der Waals surface area (Å²) in [5.41, 5.74) is 2.63. The van der Waals surface area contributed by atoms with Gasteiger partial charge in [0.05, 0.1) is 17.2 Å². The number of rotatable bonds is 4. The van der Waals surface area contributed by atoms with Gasteiger partial charge in [-0.3, -0.25) is 9.69 Å². The lowest BCUT2D eigenvalue weighted by molar-refractivity contribution is -0.127. The minimum Gasteiger partial charge on any atom is -0.350 e. The minimum atomic E-state index is -0.188. The van der Waals surface area contributed by atoms with Gasteiger partial charge in [-0.25, -0.2) is 4.98 Å². The number of hydrogen-bond acceptors (Lipinski definition) is 4. The summed E-state index contributed by atoms with van der Waals surface area (Å²) < 4.78 is 0. The molecule has 0 radical (unpaired) electrons. The number of nitrogens with one attached hydrogen (secondary N) is 1. The first kappa shape index (κ1) is 14.1. The molecule has 0 saturated carbocycles. The molecule has 1 rings (SSSR count). The Kier molecular flexibility index (Phi) is 4.65. The number of amides is 1. The highest BCUT2D eigenvalue weighted by molar-refractivity contribution is 7.07. The second kappa shape index (κ2) is 5.60. The van der Waals surface area contributed by atoms with Crippen LogP contribution >= 0.6 is 11.3 Å². The summed E-state index contributed by atoms with van der Waals surface area (Å²) in [4.78, 5) is 18.2. The number of aromatic nitrogens is 1. The molecule has 0 aromatic carbocycles. The zero-order valence-electron chi connectivity index (χ0n) is 11.2. The molecule has 0 fully saturated rings. The second-order valence-corrected chi connectivity index (χ2v) is 6.03. The lowest BCUT2D eigenvalue weighted by Crippen LogP contribution is -2.49. The molecule has 1 heterocycles. The van der Waals surface area contributed by atoms with Crippen LogP contribution in [0.1, 0.15) is 33.4 Å². The van der Waals surface area contributed by atoms with Crippen molar-refractivity contribution in [2.24, 2.45) is 0 Å². The molecule has 17 heavy (non-hydrogen) atoms. The molecule has 0 aliphatic rings. The molecule has 1 aromatic heterocycles. The fraction of sp³-hybridized carbons (Fsp3) is 0.667. The second-order valence-electron chi connectivity index (χ2n) is 5.31. The van der Waals surface area contributed by atoms with Gasteiger partial charge in [0.25, 0.3) is 0 Å². The summed E-state index contributed by atoms with van der Waals surface area (Å²) in [6, 6.07) is -0.157. The third-order valence-electron chi connectivity index (χ3n) is 2.43. The van der Waals surface area contributed by atoms with Gasteiger partial charge in [0.2, 0.25) is 5.91 Å². The van der Waals surface area contributed by atoms with Crippen molar-refractivity contribution in [3.05, 3.63) is 16.6 Å². The molecule has 1 atom stereocenters. The highest BCUT2D eigenvalue weighted by Gasteiger charge is 2.22. The average molecular weight is 255 g/mol. The monoisotopic (exact) mass is 255 g/mol. The van der Waals surface area contributed by atoms with E-state index in [9.17, 15) is 4.79 Å². The van der Waals surface area contributed by atoms with Gasteiger partial charge in [-0.1, -0.05) is 0 Å². The molecule has 0 aliphatic heterocycles. The quantitative estimate of drug-likeness (QED) is 0.893. The molecule has 5 heteroatoms. The standard InChI is InChI=1S/C12H21N3OS/c1-9(11(16)14-12(2,3)4)15(5)6-10-7-17-8-13-10/h7-9H,6H2,1-5H3,(H,14,16)/t9-/m0/s1. The normalized spacial score (nSPS) is 13.8. The van der Waals surface area contributed by atoms with Crippen LogP contribution in [0.4, 0.5) is 0 Å². The summed E-state index contributed by atoms with van der Waals surface area (Å²) >= 11 is 1.57. The first-order valence-corrected chi connectivity index (χ1v) is 6.63. The van der Waals surface area contributed by atoms with E-state index in [1.807, 2.05) is 50.5 Å². The Morgan fingerprint density at radius 2 is 2.24 bits per heavy atom. The van der Waals surface area contributed by atoms with E-state index in [1.54, 1.807) is 11.3 Å². The Labute approximate surface area is 107 Å². The van der Waals surface area contributed by atoms with Crippen molar-refractivity contribution in [2.75, 3.05) is 7.05 Å². The van der Waals surface area contributed by atoms with Gasteiger partial charge in [0.15, 0.2) is 0 Å². The lowest BCUT2D eigenvalue weighted by Gasteiger charge is -2.28. The molecule has 0 unspecified atom stereocenters. The van der Waals surface area contributed by atoms with Crippen LogP contribution in [0.3, 0.4) is 0 Å². The van der Waals surface area contributed by atoms with Crippen molar-refractivity contribution >= 4 is 17.2 Å². The maximum Gasteiger partial charge on any atom is 0.237 e. The van der Waals surface area contributed by atoms with Gasteiger partial charge < -0.3 is 5.32 Å². The summed E-state index contributed by atoms with van der Waals surface area (Å²) in [6.45, 7) is 8.56. The first-order chi connectivity index (χ1) is 7.79. The van der Waals surface area contributed by atoms with Crippen molar-refractivity contribution in [2.45, 2.75) is 45.8 Å². The number of carbonyl (C=O) groups excluding carboxylic acids is 1. The van der Waals surface area contributed by atoms with Gasteiger partial charge >= 0.3 is 0 Å². The van der Waals surface area contributed by atoms with E-state index < -0.39 is 0 Å². The van der Waals surface area contributed by atoms with E-state index in [1.165, 1.54) is 0 Å².